The molecule has 8 heteroatoms. The quantitative estimate of drug-likeness (QED) is 0.182. The maximum absolute atomic E-state index is 11.5. The highest BCUT2D eigenvalue weighted by atomic mass is 35.5. The molecule has 4 aromatic carbocycles. The number of amides is 1. The lowest BCUT2D eigenvalue weighted by Gasteiger charge is -2.45. The summed E-state index contributed by atoms with van der Waals surface area (Å²) < 4.78 is 13.5. The fraction of sp³-hybridized carbons (Fsp3) is 0.359. The molecule has 7 nitrogen and oxygen atoms in total. The van der Waals surface area contributed by atoms with E-state index >= 15 is 0 Å². The zero-order chi connectivity index (χ0) is 33.0. The number of ether oxygens (including phenoxy) is 2. The second-order valence-corrected chi connectivity index (χ2v) is 13.3. The van der Waals surface area contributed by atoms with Gasteiger partial charge >= 0.3 is 0 Å². The average molecular weight is 655 g/mol. The number of nitrogens with one attached hydrogen (secondary N) is 1. The van der Waals surface area contributed by atoms with E-state index < -0.39 is 11.9 Å². The van der Waals surface area contributed by atoms with Crippen molar-refractivity contribution in [3.05, 3.63) is 130 Å². The third-order valence-electron chi connectivity index (χ3n) is 9.59. The summed E-state index contributed by atoms with van der Waals surface area (Å²) in [5, 5.41) is 24.6. The summed E-state index contributed by atoms with van der Waals surface area (Å²) in [5.41, 5.74) is 5.98. The molecule has 0 aromatic heterocycles. The Hall–Kier alpha value is -3.56. The lowest BCUT2D eigenvalue weighted by Crippen LogP contribution is -2.49. The van der Waals surface area contributed by atoms with Crippen LogP contribution in [0.2, 0.25) is 5.02 Å². The Kier molecular flexibility index (Phi) is 10.4. The molecule has 2 saturated heterocycles. The molecule has 2 aliphatic heterocycles. The van der Waals surface area contributed by atoms with Gasteiger partial charge in [0.1, 0.15) is 0 Å². The van der Waals surface area contributed by atoms with Crippen LogP contribution in [0.15, 0.2) is 97.1 Å². The van der Waals surface area contributed by atoms with Gasteiger partial charge in [0.05, 0.1) is 24.4 Å². The third kappa shape index (κ3) is 7.95. The van der Waals surface area contributed by atoms with Gasteiger partial charge in [-0.25, -0.2) is 0 Å². The number of likely N-dealkylation sites (tertiary alicyclic amines) is 1. The van der Waals surface area contributed by atoms with Gasteiger partial charge in [-0.1, -0.05) is 91.3 Å². The van der Waals surface area contributed by atoms with Crippen LogP contribution in [0, 0.1) is 5.92 Å². The molecule has 1 amide bonds. The van der Waals surface area contributed by atoms with Crippen molar-refractivity contribution in [2.45, 2.75) is 63.9 Å². The van der Waals surface area contributed by atoms with E-state index in [0.717, 1.165) is 52.0 Å². The van der Waals surface area contributed by atoms with E-state index in [4.69, 9.17) is 21.1 Å². The fourth-order valence-electron chi connectivity index (χ4n) is 6.69. The minimum absolute atomic E-state index is 0.00808. The molecule has 2 fully saturated rings. The molecular weight excluding hydrogens is 612 g/mol. The van der Waals surface area contributed by atoms with E-state index in [0.29, 0.717) is 31.0 Å². The molecule has 0 bridgehead atoms. The number of aliphatic hydroxyl groups is 2. The van der Waals surface area contributed by atoms with E-state index in [-0.39, 0.29) is 30.6 Å². The minimum Gasteiger partial charge on any atom is -0.392 e. The third-order valence-corrected chi connectivity index (χ3v) is 9.84. The Bertz CT molecular complexity index is 1650. The first-order valence-electron chi connectivity index (χ1n) is 16.4. The molecule has 4 atom stereocenters. The highest BCUT2D eigenvalue weighted by Gasteiger charge is 2.41. The highest BCUT2D eigenvalue weighted by Crippen LogP contribution is 2.43. The Balaban J connectivity index is 1.22. The van der Waals surface area contributed by atoms with E-state index in [2.05, 4.69) is 41.4 Å². The molecular formula is C39H43ClN2O5. The second-order valence-electron chi connectivity index (χ2n) is 12.9. The van der Waals surface area contributed by atoms with Crippen LogP contribution in [0.5, 0.6) is 0 Å². The van der Waals surface area contributed by atoms with Crippen LogP contribution in [0.1, 0.15) is 66.9 Å². The molecule has 6 rings (SSSR count). The number of aliphatic hydroxyl groups excluding tert-OH is 1. The van der Waals surface area contributed by atoms with Crippen molar-refractivity contribution in [2.24, 2.45) is 5.92 Å². The van der Waals surface area contributed by atoms with Gasteiger partial charge in [-0.2, -0.15) is 0 Å². The first-order chi connectivity index (χ1) is 22.7. The van der Waals surface area contributed by atoms with Crippen molar-refractivity contribution in [1.82, 2.24) is 10.2 Å². The number of hydrogen-bond donors (Lipinski definition) is 3. The molecule has 4 aromatic rings. The van der Waals surface area contributed by atoms with Crippen LogP contribution in [0.4, 0.5) is 0 Å². The van der Waals surface area contributed by atoms with Crippen molar-refractivity contribution < 1.29 is 24.5 Å². The van der Waals surface area contributed by atoms with Gasteiger partial charge in [0, 0.05) is 49.6 Å². The van der Waals surface area contributed by atoms with E-state index in [1.54, 1.807) is 0 Å². The van der Waals surface area contributed by atoms with Gasteiger partial charge in [0.25, 0.3) is 0 Å². The second kappa shape index (κ2) is 14.7. The summed E-state index contributed by atoms with van der Waals surface area (Å²) in [7, 11) is 0. The molecule has 0 aliphatic carbocycles. The summed E-state index contributed by atoms with van der Waals surface area (Å²) >= 11 is 6.10. The first kappa shape index (κ1) is 33.3. The maximum Gasteiger partial charge on any atom is 0.217 e. The van der Waals surface area contributed by atoms with Gasteiger partial charge in [0.2, 0.25) is 5.91 Å². The summed E-state index contributed by atoms with van der Waals surface area (Å²) in [5.74, 6) is -0.00734. The smallest absolute Gasteiger partial charge is 0.217 e. The SMILES string of the molecule is CC(=O)NCc1cccc(-c2cccc([C@@H]3O[C@H](CN4CCC(O)(c5ccc(Cl)cc5)CC4)[C@H](C)[C@H](c4ccc(CO)cc4)O3)c2)c1. The number of carbonyl (C=O) groups excluding carboxylic acids is 1. The number of halogens is 1. The Morgan fingerprint density at radius 1 is 0.894 bits per heavy atom. The molecule has 0 unspecified atom stereocenters. The van der Waals surface area contributed by atoms with Gasteiger partial charge in [-0.3, -0.25) is 4.79 Å². The first-order valence-corrected chi connectivity index (χ1v) is 16.7. The van der Waals surface area contributed by atoms with Crippen LogP contribution < -0.4 is 5.32 Å². The van der Waals surface area contributed by atoms with Crippen LogP contribution in [-0.2, 0) is 33.0 Å². The Labute approximate surface area is 282 Å². The number of benzene rings is 4. The topological polar surface area (TPSA) is 91.3 Å². The number of rotatable bonds is 9. The lowest BCUT2D eigenvalue weighted by molar-refractivity contribution is -0.277. The van der Waals surface area contributed by atoms with E-state index in [1.165, 1.54) is 6.92 Å². The largest absolute Gasteiger partial charge is 0.392 e. The van der Waals surface area contributed by atoms with Gasteiger partial charge < -0.3 is 29.9 Å². The predicted octanol–water partition coefficient (Wildman–Crippen LogP) is 6.91. The molecule has 2 heterocycles. The fourth-order valence-corrected chi connectivity index (χ4v) is 6.82. The summed E-state index contributed by atoms with van der Waals surface area (Å²) in [6.45, 7) is 6.37. The molecule has 0 saturated carbocycles. The van der Waals surface area contributed by atoms with Crippen molar-refractivity contribution >= 4 is 17.5 Å². The van der Waals surface area contributed by atoms with Gasteiger partial charge in [-0.05, 0) is 70.5 Å². The van der Waals surface area contributed by atoms with Crippen LogP contribution >= 0.6 is 11.6 Å². The monoisotopic (exact) mass is 654 g/mol. The van der Waals surface area contributed by atoms with E-state index in [9.17, 15) is 15.0 Å². The summed E-state index contributed by atoms with van der Waals surface area (Å²) in [4.78, 5) is 13.8. The van der Waals surface area contributed by atoms with Gasteiger partial charge in [-0.15, -0.1) is 0 Å². The number of nitrogens with zero attached hydrogens (tertiary/aromatic N) is 1. The number of piperidine rings is 1. The number of carbonyl (C=O) groups is 1. The zero-order valence-corrected chi connectivity index (χ0v) is 27.7. The summed E-state index contributed by atoms with van der Waals surface area (Å²) in [6.07, 6.45) is 0.335. The van der Waals surface area contributed by atoms with Crippen molar-refractivity contribution in [2.75, 3.05) is 19.6 Å². The molecule has 246 valence electrons. The maximum atomic E-state index is 11.5. The van der Waals surface area contributed by atoms with Crippen LogP contribution in [0.25, 0.3) is 11.1 Å². The normalized spacial score (nSPS) is 22.9. The Morgan fingerprint density at radius 2 is 1.57 bits per heavy atom. The molecule has 2 aliphatic rings. The van der Waals surface area contributed by atoms with Crippen LogP contribution in [-0.4, -0.2) is 46.8 Å². The number of hydrogen-bond acceptors (Lipinski definition) is 6. The zero-order valence-electron chi connectivity index (χ0n) is 26.9. The lowest BCUT2D eigenvalue weighted by atomic mass is 9.84. The summed E-state index contributed by atoms with van der Waals surface area (Å²) in [6, 6.07) is 31.9. The minimum atomic E-state index is -0.872. The van der Waals surface area contributed by atoms with Crippen molar-refractivity contribution in [1.29, 1.82) is 0 Å². The van der Waals surface area contributed by atoms with Gasteiger partial charge in [0.15, 0.2) is 6.29 Å². The predicted molar refractivity (Wildman–Crippen MR) is 183 cm³/mol. The standard InChI is InChI=1S/C39H43ClN2O5/c1-26-36(24-42-19-17-39(45,18-20-42)34-13-15-35(40)16-14-34)46-38(47-37(26)30-11-9-28(25-43)10-12-30)33-8-4-7-32(22-33)31-6-3-5-29(21-31)23-41-27(2)44/h3-16,21-22,26,36-38,43,45H,17-20,23-25H2,1-2H3,(H,41,44)/t26-,36+,37+,38+/m0/s1. The Morgan fingerprint density at radius 3 is 2.26 bits per heavy atom. The van der Waals surface area contributed by atoms with Crippen molar-refractivity contribution in [3.8, 4) is 11.1 Å². The molecule has 0 radical (unpaired) electrons. The van der Waals surface area contributed by atoms with Crippen molar-refractivity contribution in [3.63, 3.8) is 0 Å². The molecule has 3 N–H and O–H groups in total. The molecule has 47 heavy (non-hydrogen) atoms. The van der Waals surface area contributed by atoms with E-state index in [1.807, 2.05) is 72.8 Å². The van der Waals surface area contributed by atoms with Crippen LogP contribution in [0.3, 0.4) is 0 Å². The molecule has 0 spiro atoms. The highest BCUT2D eigenvalue weighted by molar-refractivity contribution is 6.30. The average Bonchev–Trinajstić information content (AvgIpc) is 3.10.